The van der Waals surface area contributed by atoms with Gasteiger partial charge in [0.05, 0.1) is 0 Å². The van der Waals surface area contributed by atoms with Gasteiger partial charge in [0.25, 0.3) is 0 Å². The van der Waals surface area contributed by atoms with Gasteiger partial charge in [-0.1, -0.05) is 47.5 Å². The first-order chi connectivity index (χ1) is 9.18. The van der Waals surface area contributed by atoms with Crippen LogP contribution in [0.2, 0.25) is 0 Å². The third kappa shape index (κ3) is 3.46. The lowest BCUT2D eigenvalue weighted by Crippen LogP contribution is -2.46. The second kappa shape index (κ2) is 6.67. The summed E-state index contributed by atoms with van der Waals surface area (Å²) in [7, 11) is 0. The molecule has 1 unspecified atom stereocenters. The fourth-order valence-electron chi connectivity index (χ4n) is 3.04. The van der Waals surface area contributed by atoms with Crippen LogP contribution in [0, 0.1) is 5.41 Å². The first-order valence-electron chi connectivity index (χ1n) is 7.15. The smallest absolute Gasteiger partial charge is 0.144 e. The lowest BCUT2D eigenvalue weighted by molar-refractivity contribution is -0.129. The van der Waals surface area contributed by atoms with Crippen molar-refractivity contribution in [2.75, 3.05) is 13.1 Å². The van der Waals surface area contributed by atoms with Crippen LogP contribution in [-0.4, -0.2) is 18.9 Å². The number of Topliss-reactive ketones (excluding diaryl/α,β-unsaturated/α-hetero) is 1. The molecule has 19 heavy (non-hydrogen) atoms. The summed E-state index contributed by atoms with van der Waals surface area (Å²) in [5, 5.41) is 3.41. The van der Waals surface area contributed by atoms with Gasteiger partial charge in [-0.25, -0.2) is 0 Å². The van der Waals surface area contributed by atoms with Gasteiger partial charge in [0, 0.05) is 22.9 Å². The summed E-state index contributed by atoms with van der Waals surface area (Å²) < 4.78 is 1.04. The molecular formula is C16H22BrNO. The fourth-order valence-corrected chi connectivity index (χ4v) is 3.46. The average molecular weight is 324 g/mol. The number of rotatable bonds is 5. The first kappa shape index (κ1) is 14.7. The van der Waals surface area contributed by atoms with Gasteiger partial charge < -0.3 is 5.32 Å². The number of benzene rings is 1. The Labute approximate surface area is 124 Å². The minimum atomic E-state index is -0.137. The molecule has 3 heteroatoms. The van der Waals surface area contributed by atoms with E-state index >= 15 is 0 Å². The van der Waals surface area contributed by atoms with Crippen molar-refractivity contribution in [3.8, 4) is 0 Å². The van der Waals surface area contributed by atoms with Crippen molar-refractivity contribution in [3.63, 3.8) is 0 Å². The molecule has 0 aromatic heterocycles. The van der Waals surface area contributed by atoms with Gasteiger partial charge in [0.2, 0.25) is 0 Å². The van der Waals surface area contributed by atoms with Crippen molar-refractivity contribution < 1.29 is 4.79 Å². The lowest BCUT2D eigenvalue weighted by atomic mass is 9.72. The topological polar surface area (TPSA) is 29.1 Å². The van der Waals surface area contributed by atoms with Gasteiger partial charge in [0.1, 0.15) is 5.78 Å². The molecule has 1 saturated heterocycles. The monoisotopic (exact) mass is 323 g/mol. The Balaban J connectivity index is 2.14. The van der Waals surface area contributed by atoms with Gasteiger partial charge in [-0.15, -0.1) is 0 Å². The van der Waals surface area contributed by atoms with Crippen LogP contribution in [0.3, 0.4) is 0 Å². The highest BCUT2D eigenvalue weighted by Gasteiger charge is 2.38. The predicted octanol–water partition coefficient (Wildman–Crippen LogP) is 3.73. The molecule has 1 aromatic rings. The lowest BCUT2D eigenvalue weighted by Gasteiger charge is -2.36. The summed E-state index contributed by atoms with van der Waals surface area (Å²) in [4.78, 5) is 12.8. The molecule has 0 bridgehead atoms. The Morgan fingerprint density at radius 1 is 1.42 bits per heavy atom. The van der Waals surface area contributed by atoms with Gasteiger partial charge >= 0.3 is 0 Å². The molecule has 1 aliphatic heterocycles. The minimum Gasteiger partial charge on any atom is -0.316 e. The highest BCUT2D eigenvalue weighted by atomic mass is 79.9. The van der Waals surface area contributed by atoms with Crippen molar-refractivity contribution in [2.45, 2.75) is 39.0 Å². The summed E-state index contributed by atoms with van der Waals surface area (Å²) in [6.07, 6.45) is 4.77. The Morgan fingerprint density at radius 3 is 2.84 bits per heavy atom. The van der Waals surface area contributed by atoms with E-state index in [2.05, 4.69) is 28.2 Å². The standard InChI is InChI=1S/C16H22BrNO/c1-2-8-16(9-5-10-18-12-16)15(19)11-13-6-3-4-7-14(13)17/h3-4,6-7,18H,2,5,8-12H2,1H3. The highest BCUT2D eigenvalue weighted by molar-refractivity contribution is 9.10. The van der Waals surface area contributed by atoms with Crippen molar-refractivity contribution in [2.24, 2.45) is 5.41 Å². The third-order valence-corrected chi connectivity index (χ3v) is 4.87. The van der Waals surface area contributed by atoms with E-state index in [0.717, 1.165) is 48.8 Å². The van der Waals surface area contributed by atoms with Crippen LogP contribution in [0.25, 0.3) is 0 Å². The third-order valence-electron chi connectivity index (χ3n) is 4.10. The molecule has 1 aliphatic rings. The second-order valence-electron chi connectivity index (χ2n) is 5.50. The van der Waals surface area contributed by atoms with Crippen molar-refractivity contribution in [1.29, 1.82) is 0 Å². The number of ketones is 1. The van der Waals surface area contributed by atoms with E-state index in [9.17, 15) is 4.79 Å². The number of nitrogens with one attached hydrogen (secondary N) is 1. The zero-order valence-corrected chi connectivity index (χ0v) is 13.1. The maximum Gasteiger partial charge on any atom is 0.144 e. The van der Waals surface area contributed by atoms with Gasteiger partial charge in [-0.05, 0) is 37.4 Å². The first-order valence-corrected chi connectivity index (χ1v) is 7.95. The summed E-state index contributed by atoms with van der Waals surface area (Å²) in [6, 6.07) is 8.03. The predicted molar refractivity (Wildman–Crippen MR) is 82.3 cm³/mol. The molecule has 1 aromatic carbocycles. The number of carbonyl (C=O) groups excluding carboxylic acids is 1. The van der Waals surface area contributed by atoms with E-state index < -0.39 is 0 Å². The van der Waals surface area contributed by atoms with E-state index in [1.54, 1.807) is 0 Å². The number of carbonyl (C=O) groups is 1. The molecular weight excluding hydrogens is 302 g/mol. The van der Waals surface area contributed by atoms with Crippen LogP contribution in [0.4, 0.5) is 0 Å². The Kier molecular flexibility index (Phi) is 5.17. The molecule has 104 valence electrons. The van der Waals surface area contributed by atoms with E-state index in [4.69, 9.17) is 0 Å². The summed E-state index contributed by atoms with van der Waals surface area (Å²) in [5.41, 5.74) is 0.969. The van der Waals surface area contributed by atoms with Gasteiger partial charge in [0.15, 0.2) is 0 Å². The molecule has 1 N–H and O–H groups in total. The quantitative estimate of drug-likeness (QED) is 0.894. The van der Waals surface area contributed by atoms with Crippen molar-refractivity contribution in [3.05, 3.63) is 34.3 Å². The normalized spacial score (nSPS) is 23.3. The van der Waals surface area contributed by atoms with E-state index in [1.807, 2.05) is 24.3 Å². The average Bonchev–Trinajstić information content (AvgIpc) is 2.42. The molecule has 0 spiro atoms. The number of piperidine rings is 1. The van der Waals surface area contributed by atoms with Gasteiger partial charge in [-0.3, -0.25) is 4.79 Å². The fraction of sp³-hybridized carbons (Fsp3) is 0.562. The van der Waals surface area contributed by atoms with E-state index in [1.165, 1.54) is 0 Å². The molecule has 0 aliphatic carbocycles. The number of hydrogen-bond donors (Lipinski definition) is 1. The molecule has 1 heterocycles. The molecule has 0 saturated carbocycles. The van der Waals surface area contributed by atoms with Crippen LogP contribution < -0.4 is 5.32 Å². The van der Waals surface area contributed by atoms with Gasteiger partial charge in [-0.2, -0.15) is 0 Å². The molecule has 1 atom stereocenters. The molecule has 0 amide bonds. The Hall–Kier alpha value is -0.670. The van der Waals surface area contributed by atoms with Crippen LogP contribution in [0.15, 0.2) is 28.7 Å². The molecule has 2 nitrogen and oxygen atoms in total. The van der Waals surface area contributed by atoms with E-state index in [-0.39, 0.29) is 5.41 Å². The van der Waals surface area contributed by atoms with Crippen molar-refractivity contribution in [1.82, 2.24) is 5.32 Å². The number of hydrogen-bond acceptors (Lipinski definition) is 2. The zero-order chi connectivity index (χ0) is 13.7. The zero-order valence-electron chi connectivity index (χ0n) is 11.5. The van der Waals surface area contributed by atoms with Crippen LogP contribution in [-0.2, 0) is 11.2 Å². The molecule has 1 fully saturated rings. The molecule has 0 radical (unpaired) electrons. The minimum absolute atomic E-state index is 0.137. The Morgan fingerprint density at radius 2 is 2.21 bits per heavy atom. The maximum atomic E-state index is 12.8. The second-order valence-corrected chi connectivity index (χ2v) is 6.36. The Bertz CT molecular complexity index is 433. The highest BCUT2D eigenvalue weighted by Crippen LogP contribution is 2.34. The maximum absolute atomic E-state index is 12.8. The summed E-state index contributed by atoms with van der Waals surface area (Å²) in [6.45, 7) is 4.07. The van der Waals surface area contributed by atoms with Crippen LogP contribution >= 0.6 is 15.9 Å². The SMILES string of the molecule is CCCC1(C(=O)Cc2ccccc2Br)CCCNC1. The number of halogens is 1. The van der Waals surface area contributed by atoms with Crippen molar-refractivity contribution >= 4 is 21.7 Å². The summed E-state index contributed by atoms with van der Waals surface area (Å²) in [5.74, 6) is 0.397. The largest absolute Gasteiger partial charge is 0.316 e. The van der Waals surface area contributed by atoms with E-state index in [0.29, 0.717) is 12.2 Å². The summed E-state index contributed by atoms with van der Waals surface area (Å²) >= 11 is 3.54. The van der Waals surface area contributed by atoms with Crippen LogP contribution in [0.5, 0.6) is 0 Å². The van der Waals surface area contributed by atoms with Crippen LogP contribution in [0.1, 0.15) is 38.2 Å². The molecule has 2 rings (SSSR count).